The van der Waals surface area contributed by atoms with Crippen molar-refractivity contribution in [2.45, 2.75) is 25.9 Å². The van der Waals surface area contributed by atoms with E-state index in [0.29, 0.717) is 18.8 Å². The fraction of sp³-hybridized carbons (Fsp3) is 0.278. The predicted octanol–water partition coefficient (Wildman–Crippen LogP) is 1.95. The molecule has 2 aliphatic rings. The molecule has 1 aliphatic carbocycles. The van der Waals surface area contributed by atoms with Crippen LogP contribution in [-0.2, 0) is 14.3 Å². The number of ether oxygens (including phenoxy) is 2. The molecule has 0 bridgehead atoms. The zero-order chi connectivity index (χ0) is 15.5. The molecule has 1 heterocycles. The highest BCUT2D eigenvalue weighted by Gasteiger charge is 2.21. The molecule has 22 heavy (non-hydrogen) atoms. The van der Waals surface area contributed by atoms with Gasteiger partial charge in [-0.2, -0.15) is 0 Å². The van der Waals surface area contributed by atoms with E-state index >= 15 is 0 Å². The number of rotatable bonds is 4. The minimum Gasteiger partial charge on any atom is -0.485 e. The molecule has 0 fully saturated rings. The molecule has 0 saturated carbocycles. The maximum Gasteiger partial charge on any atom is 0.306 e. The first-order valence-electron chi connectivity index (χ1n) is 7.39. The van der Waals surface area contributed by atoms with Crippen molar-refractivity contribution in [1.29, 1.82) is 0 Å². The van der Waals surface area contributed by atoms with Gasteiger partial charge >= 0.3 is 5.97 Å². The predicted molar refractivity (Wildman–Crippen MR) is 81.5 cm³/mol. The lowest BCUT2D eigenvalue weighted by Gasteiger charge is -2.25. The Morgan fingerprint density at radius 3 is 3.00 bits per heavy atom. The number of halogens is 1. The second-order valence-corrected chi connectivity index (χ2v) is 5.16. The first-order valence-corrected chi connectivity index (χ1v) is 7.39. The lowest BCUT2D eigenvalue weighted by molar-refractivity contribution is -0.143. The minimum absolute atomic E-state index is 0.180. The Hall–Kier alpha value is -2.36. The number of carbonyl (C=O) groups excluding carboxylic acids is 1. The van der Waals surface area contributed by atoms with Crippen LogP contribution >= 0.6 is 0 Å². The van der Waals surface area contributed by atoms with Gasteiger partial charge < -0.3 is 9.47 Å². The largest absolute Gasteiger partial charge is 0.485 e. The highest BCUT2D eigenvalue weighted by atomic mass is 19.1. The van der Waals surface area contributed by atoms with Crippen LogP contribution in [0.4, 0.5) is 4.39 Å². The van der Waals surface area contributed by atoms with E-state index in [9.17, 15) is 9.18 Å². The molecule has 1 aromatic carbocycles. The van der Waals surface area contributed by atoms with Crippen molar-refractivity contribution in [3.63, 3.8) is 0 Å². The van der Waals surface area contributed by atoms with Gasteiger partial charge in [0.1, 0.15) is 17.7 Å². The van der Waals surface area contributed by atoms with Gasteiger partial charge in [-0.3, -0.25) is 4.79 Å². The Balaban J connectivity index is 2.03. The Morgan fingerprint density at radius 1 is 1.32 bits per heavy atom. The summed E-state index contributed by atoms with van der Waals surface area (Å²) in [4.78, 5) is 11.6. The van der Waals surface area contributed by atoms with E-state index in [1.54, 1.807) is 13.0 Å². The lowest BCUT2D eigenvalue weighted by Crippen LogP contribution is -2.38. The topological polar surface area (TPSA) is 35.5 Å². The van der Waals surface area contributed by atoms with Gasteiger partial charge in [0, 0.05) is 17.2 Å². The van der Waals surface area contributed by atoms with Crippen molar-refractivity contribution in [2.75, 3.05) is 6.61 Å². The van der Waals surface area contributed by atoms with Crippen LogP contribution in [0.2, 0.25) is 0 Å². The summed E-state index contributed by atoms with van der Waals surface area (Å²) in [5.74, 6) is 0.0482. The Kier molecular flexibility index (Phi) is 4.09. The molecule has 0 saturated heterocycles. The van der Waals surface area contributed by atoms with Crippen molar-refractivity contribution in [3.8, 4) is 0 Å². The van der Waals surface area contributed by atoms with E-state index < -0.39 is 0 Å². The Bertz CT molecular complexity index is 774. The van der Waals surface area contributed by atoms with Crippen LogP contribution in [0.15, 0.2) is 42.5 Å². The number of fused-ring (bicyclic) bond motifs is 2. The Labute approximate surface area is 128 Å². The van der Waals surface area contributed by atoms with Gasteiger partial charge in [0.2, 0.25) is 0 Å². The summed E-state index contributed by atoms with van der Waals surface area (Å²) in [5, 5.41) is 1.67. The summed E-state index contributed by atoms with van der Waals surface area (Å²) in [5.41, 5.74) is 1.01. The van der Waals surface area contributed by atoms with Crippen molar-refractivity contribution in [3.05, 3.63) is 58.8 Å². The van der Waals surface area contributed by atoms with Crippen LogP contribution in [0.1, 0.15) is 19.8 Å². The molecule has 0 radical (unpaired) electrons. The van der Waals surface area contributed by atoms with E-state index in [1.807, 2.05) is 24.3 Å². The zero-order valence-corrected chi connectivity index (χ0v) is 12.3. The van der Waals surface area contributed by atoms with Gasteiger partial charge in [0.05, 0.1) is 13.0 Å². The highest BCUT2D eigenvalue weighted by molar-refractivity contribution is 5.72. The maximum atomic E-state index is 13.6. The summed E-state index contributed by atoms with van der Waals surface area (Å²) in [6.07, 6.45) is 8.23. The molecule has 0 spiro atoms. The molecule has 4 heteroatoms. The van der Waals surface area contributed by atoms with Gasteiger partial charge in [-0.15, -0.1) is 0 Å². The van der Waals surface area contributed by atoms with Crippen molar-refractivity contribution < 1.29 is 18.7 Å². The molecular formula is C18H17FO3. The summed E-state index contributed by atoms with van der Waals surface area (Å²) in [6, 6.07) is 4.68. The van der Waals surface area contributed by atoms with Crippen molar-refractivity contribution in [1.82, 2.24) is 0 Å². The van der Waals surface area contributed by atoms with Crippen LogP contribution in [0.25, 0.3) is 11.3 Å². The SMILES string of the molecule is CCOC(=O)CCC1=c2cc(F)ccc2=C2C=CC=CC2O1. The second kappa shape index (κ2) is 6.18. The van der Waals surface area contributed by atoms with Gasteiger partial charge in [-0.05, 0) is 30.4 Å². The fourth-order valence-electron chi connectivity index (χ4n) is 2.73. The molecular weight excluding hydrogens is 283 g/mol. The number of carbonyl (C=O) groups is 1. The van der Waals surface area contributed by atoms with Gasteiger partial charge in [0.25, 0.3) is 0 Å². The van der Waals surface area contributed by atoms with E-state index in [2.05, 4.69) is 0 Å². The van der Waals surface area contributed by atoms with Crippen molar-refractivity contribution >= 4 is 17.3 Å². The third-order valence-corrected chi connectivity index (χ3v) is 3.70. The lowest BCUT2D eigenvalue weighted by atomic mass is 9.97. The smallest absolute Gasteiger partial charge is 0.306 e. The number of hydrogen-bond donors (Lipinski definition) is 0. The molecule has 0 N–H and O–H groups in total. The number of esters is 1. The quantitative estimate of drug-likeness (QED) is 0.797. The molecule has 1 atom stereocenters. The maximum absolute atomic E-state index is 13.6. The molecule has 0 aromatic heterocycles. The average molecular weight is 300 g/mol. The summed E-state index contributed by atoms with van der Waals surface area (Å²) in [7, 11) is 0. The first kappa shape index (κ1) is 14.6. The first-order chi connectivity index (χ1) is 10.7. The van der Waals surface area contributed by atoms with Crippen LogP contribution in [0, 0.1) is 5.82 Å². The zero-order valence-electron chi connectivity index (χ0n) is 12.3. The minimum atomic E-state index is -0.314. The summed E-state index contributed by atoms with van der Waals surface area (Å²) < 4.78 is 24.5. The second-order valence-electron chi connectivity index (χ2n) is 5.16. The molecule has 1 unspecified atom stereocenters. The highest BCUT2D eigenvalue weighted by Crippen LogP contribution is 2.22. The van der Waals surface area contributed by atoms with Crippen LogP contribution in [0.3, 0.4) is 0 Å². The summed E-state index contributed by atoms with van der Waals surface area (Å²) in [6.45, 7) is 2.13. The van der Waals surface area contributed by atoms with Crippen LogP contribution < -0.4 is 10.4 Å². The average Bonchev–Trinajstić information content (AvgIpc) is 2.52. The number of benzene rings is 1. The van der Waals surface area contributed by atoms with Crippen molar-refractivity contribution in [2.24, 2.45) is 0 Å². The molecule has 114 valence electrons. The molecule has 1 aromatic rings. The molecule has 1 aliphatic heterocycles. The third-order valence-electron chi connectivity index (χ3n) is 3.70. The standard InChI is InChI=1S/C18H17FO3/c1-2-21-18(20)10-9-17-15-11-12(19)7-8-13(15)14-5-3-4-6-16(14)22-17/h3-8,11,16H,2,9-10H2,1H3. The molecule has 3 nitrogen and oxygen atoms in total. The van der Waals surface area contributed by atoms with E-state index in [-0.39, 0.29) is 24.3 Å². The van der Waals surface area contributed by atoms with Gasteiger partial charge in [0.15, 0.2) is 0 Å². The fourth-order valence-corrected chi connectivity index (χ4v) is 2.73. The van der Waals surface area contributed by atoms with E-state index in [1.165, 1.54) is 12.1 Å². The molecule has 0 amide bonds. The van der Waals surface area contributed by atoms with Crippen LogP contribution in [0.5, 0.6) is 0 Å². The monoisotopic (exact) mass is 300 g/mol. The molecule has 3 rings (SSSR count). The Morgan fingerprint density at radius 2 is 2.18 bits per heavy atom. The third kappa shape index (κ3) is 2.82. The number of hydrogen-bond acceptors (Lipinski definition) is 3. The van der Waals surface area contributed by atoms with E-state index in [0.717, 1.165) is 16.0 Å². The normalized spacial score (nSPS) is 18.5. The van der Waals surface area contributed by atoms with Crippen LogP contribution in [-0.4, -0.2) is 18.7 Å². The number of allylic oxidation sites excluding steroid dienone is 2. The summed E-state index contributed by atoms with van der Waals surface area (Å²) >= 11 is 0. The van der Waals surface area contributed by atoms with E-state index in [4.69, 9.17) is 9.47 Å². The van der Waals surface area contributed by atoms with Gasteiger partial charge in [-0.1, -0.05) is 24.3 Å². The van der Waals surface area contributed by atoms with Gasteiger partial charge in [-0.25, -0.2) is 4.39 Å².